The fourth-order valence-electron chi connectivity index (χ4n) is 3.11. The normalized spacial score (nSPS) is 11.2. The number of thiazole rings is 1. The third-order valence-electron chi connectivity index (χ3n) is 4.53. The van der Waals surface area contributed by atoms with Crippen LogP contribution in [0, 0.1) is 6.92 Å². The first-order chi connectivity index (χ1) is 14.1. The fourth-order valence-corrected chi connectivity index (χ4v) is 3.91. The minimum Gasteiger partial charge on any atom is -0.451 e. The Morgan fingerprint density at radius 3 is 2.79 bits per heavy atom. The summed E-state index contributed by atoms with van der Waals surface area (Å²) in [5.41, 5.74) is 2.18. The van der Waals surface area contributed by atoms with E-state index >= 15 is 0 Å². The van der Waals surface area contributed by atoms with Crippen LogP contribution in [0.3, 0.4) is 0 Å². The summed E-state index contributed by atoms with van der Waals surface area (Å²) in [6.07, 6.45) is 0. The number of hydrogen-bond donors (Lipinski definition) is 1. The number of nitrogens with one attached hydrogen (secondary N) is 1. The fraction of sp³-hybridized carbons (Fsp3) is 0.0476. The summed E-state index contributed by atoms with van der Waals surface area (Å²) in [4.78, 5) is 30.0. The Morgan fingerprint density at radius 1 is 1.14 bits per heavy atom. The van der Waals surface area contributed by atoms with Gasteiger partial charge in [-0.05, 0) is 25.1 Å². The van der Waals surface area contributed by atoms with Crippen molar-refractivity contribution in [2.45, 2.75) is 6.92 Å². The van der Waals surface area contributed by atoms with Gasteiger partial charge in [-0.2, -0.15) is 10.1 Å². The van der Waals surface area contributed by atoms with Crippen molar-refractivity contribution >= 4 is 38.9 Å². The number of carbonyl (C=O) groups excluding carboxylic acids is 1. The van der Waals surface area contributed by atoms with Gasteiger partial charge in [0.2, 0.25) is 4.96 Å². The van der Waals surface area contributed by atoms with Gasteiger partial charge in [-0.1, -0.05) is 36.4 Å². The van der Waals surface area contributed by atoms with Gasteiger partial charge in [0.25, 0.3) is 5.91 Å². The molecular weight excluding hydrogens is 388 g/mol. The van der Waals surface area contributed by atoms with Crippen LogP contribution in [-0.4, -0.2) is 20.5 Å². The standard InChI is InChI=1S/C21H14N4O3S/c1-12-11-29-21-23-20(27)18(24-25(12)21)14-7-3-4-8-15(14)22-19(26)17-10-13-6-2-5-9-16(13)28-17/h2-11H,1H3,(H,22,26). The highest BCUT2D eigenvalue weighted by molar-refractivity contribution is 7.15. The number of nitrogens with zero attached hydrogens (tertiary/aromatic N) is 3. The molecule has 0 atom stereocenters. The lowest BCUT2D eigenvalue weighted by atomic mass is 10.1. The third kappa shape index (κ3) is 2.99. The summed E-state index contributed by atoms with van der Waals surface area (Å²) in [5, 5.41) is 10.0. The molecule has 142 valence electrons. The molecule has 0 saturated carbocycles. The van der Waals surface area contributed by atoms with Gasteiger partial charge < -0.3 is 9.73 Å². The van der Waals surface area contributed by atoms with Gasteiger partial charge in [-0.25, -0.2) is 4.52 Å². The van der Waals surface area contributed by atoms with E-state index in [1.807, 2.05) is 30.5 Å². The maximum absolute atomic E-state index is 12.8. The van der Waals surface area contributed by atoms with Crippen LogP contribution in [0.4, 0.5) is 5.69 Å². The van der Waals surface area contributed by atoms with E-state index in [4.69, 9.17) is 4.42 Å². The highest BCUT2D eigenvalue weighted by Crippen LogP contribution is 2.26. The number of fused-ring (bicyclic) bond motifs is 2. The molecule has 0 unspecified atom stereocenters. The van der Waals surface area contributed by atoms with Crippen molar-refractivity contribution in [3.8, 4) is 11.3 Å². The molecule has 0 saturated heterocycles. The summed E-state index contributed by atoms with van der Waals surface area (Å²) in [5.74, 6) is -0.220. The Labute approximate surface area is 168 Å². The molecule has 5 aromatic rings. The Bertz CT molecular complexity index is 1410. The van der Waals surface area contributed by atoms with E-state index < -0.39 is 11.5 Å². The molecule has 0 aliphatic heterocycles. The van der Waals surface area contributed by atoms with E-state index in [2.05, 4.69) is 15.4 Å². The van der Waals surface area contributed by atoms with Crippen LogP contribution in [0.2, 0.25) is 0 Å². The molecule has 2 aromatic carbocycles. The van der Waals surface area contributed by atoms with Crippen molar-refractivity contribution in [2.75, 3.05) is 5.32 Å². The molecule has 29 heavy (non-hydrogen) atoms. The Kier molecular flexibility index (Phi) is 3.99. The van der Waals surface area contributed by atoms with Crippen molar-refractivity contribution in [1.82, 2.24) is 14.6 Å². The number of aromatic nitrogens is 3. The van der Waals surface area contributed by atoms with Gasteiger partial charge in [0, 0.05) is 16.3 Å². The molecule has 1 amide bonds. The van der Waals surface area contributed by atoms with Crippen molar-refractivity contribution in [1.29, 1.82) is 0 Å². The summed E-state index contributed by atoms with van der Waals surface area (Å²) in [6.45, 7) is 1.89. The molecule has 0 fully saturated rings. The number of rotatable bonds is 3. The first kappa shape index (κ1) is 17.3. The molecule has 0 aliphatic carbocycles. The second-order valence-electron chi connectivity index (χ2n) is 6.49. The number of hydrogen-bond acceptors (Lipinski definition) is 6. The predicted octanol–water partition coefficient (Wildman–Crippen LogP) is 4.12. The molecule has 7 nitrogen and oxygen atoms in total. The monoisotopic (exact) mass is 402 g/mol. The molecule has 8 heteroatoms. The van der Waals surface area contributed by atoms with E-state index in [0.29, 0.717) is 21.8 Å². The van der Waals surface area contributed by atoms with Gasteiger partial charge in [0.15, 0.2) is 11.5 Å². The summed E-state index contributed by atoms with van der Waals surface area (Å²) in [7, 11) is 0. The summed E-state index contributed by atoms with van der Waals surface area (Å²) >= 11 is 1.35. The second-order valence-corrected chi connectivity index (χ2v) is 7.32. The molecule has 5 rings (SSSR count). The minimum atomic E-state index is -0.447. The van der Waals surface area contributed by atoms with Crippen LogP contribution < -0.4 is 10.9 Å². The average molecular weight is 402 g/mol. The lowest BCUT2D eigenvalue weighted by molar-refractivity contribution is 0.0998. The van der Waals surface area contributed by atoms with Gasteiger partial charge >= 0.3 is 5.56 Å². The van der Waals surface area contributed by atoms with Crippen LogP contribution in [0.1, 0.15) is 16.2 Å². The largest absolute Gasteiger partial charge is 0.451 e. The van der Waals surface area contributed by atoms with Crippen LogP contribution in [0.25, 0.3) is 27.2 Å². The zero-order chi connectivity index (χ0) is 20.0. The molecule has 0 radical (unpaired) electrons. The van der Waals surface area contributed by atoms with E-state index in [0.717, 1.165) is 11.1 Å². The van der Waals surface area contributed by atoms with Gasteiger partial charge in [-0.15, -0.1) is 11.3 Å². The minimum absolute atomic E-state index is 0.171. The van der Waals surface area contributed by atoms with Gasteiger partial charge in [-0.3, -0.25) is 9.59 Å². The summed E-state index contributed by atoms with van der Waals surface area (Å²) in [6, 6.07) is 16.1. The average Bonchev–Trinajstić information content (AvgIpc) is 3.32. The van der Waals surface area contributed by atoms with E-state index in [1.165, 1.54) is 11.3 Å². The van der Waals surface area contributed by atoms with Crippen molar-refractivity contribution < 1.29 is 9.21 Å². The molecule has 0 spiro atoms. The second kappa shape index (κ2) is 6.68. The Hall–Kier alpha value is -3.78. The quantitative estimate of drug-likeness (QED) is 0.490. The highest BCUT2D eigenvalue weighted by atomic mass is 32.1. The zero-order valence-electron chi connectivity index (χ0n) is 15.2. The van der Waals surface area contributed by atoms with Crippen LogP contribution in [0.15, 0.2) is 69.2 Å². The number of carbonyl (C=O) groups is 1. The summed E-state index contributed by atoms with van der Waals surface area (Å²) < 4.78 is 7.25. The highest BCUT2D eigenvalue weighted by Gasteiger charge is 2.18. The maximum atomic E-state index is 12.8. The Morgan fingerprint density at radius 2 is 1.93 bits per heavy atom. The molecule has 3 aromatic heterocycles. The third-order valence-corrected chi connectivity index (χ3v) is 5.46. The number of amides is 1. The van der Waals surface area contributed by atoms with Gasteiger partial charge in [0.1, 0.15) is 5.58 Å². The maximum Gasteiger partial charge on any atom is 0.300 e. The van der Waals surface area contributed by atoms with Crippen LogP contribution in [-0.2, 0) is 0 Å². The van der Waals surface area contributed by atoms with Crippen molar-refractivity contribution in [3.05, 3.63) is 81.8 Å². The lowest BCUT2D eigenvalue weighted by Gasteiger charge is -2.09. The van der Waals surface area contributed by atoms with E-state index in [1.54, 1.807) is 40.9 Å². The number of furan rings is 1. The van der Waals surface area contributed by atoms with Crippen LogP contribution in [0.5, 0.6) is 0 Å². The number of aryl methyl sites for hydroxylation is 1. The van der Waals surface area contributed by atoms with Gasteiger partial charge in [0.05, 0.1) is 11.4 Å². The van der Waals surface area contributed by atoms with E-state index in [-0.39, 0.29) is 11.5 Å². The number of benzene rings is 2. The lowest BCUT2D eigenvalue weighted by Crippen LogP contribution is -2.17. The predicted molar refractivity (Wildman–Crippen MR) is 111 cm³/mol. The molecule has 0 bridgehead atoms. The number of anilines is 1. The van der Waals surface area contributed by atoms with Crippen LogP contribution >= 0.6 is 11.3 Å². The van der Waals surface area contributed by atoms with Crippen molar-refractivity contribution in [2.24, 2.45) is 0 Å². The SMILES string of the molecule is Cc1csc2nc(=O)c(-c3ccccc3NC(=O)c3cc4ccccc4o3)nn12. The molecule has 1 N–H and O–H groups in total. The molecular formula is C21H14N4O3S. The smallest absolute Gasteiger partial charge is 0.300 e. The Balaban J connectivity index is 1.56. The zero-order valence-corrected chi connectivity index (χ0v) is 16.1. The van der Waals surface area contributed by atoms with E-state index in [9.17, 15) is 9.59 Å². The first-order valence-electron chi connectivity index (χ1n) is 8.85. The molecule has 3 heterocycles. The number of para-hydroxylation sites is 2. The van der Waals surface area contributed by atoms with Crippen molar-refractivity contribution in [3.63, 3.8) is 0 Å². The first-order valence-corrected chi connectivity index (χ1v) is 9.72. The molecule has 0 aliphatic rings. The topological polar surface area (TPSA) is 89.5 Å².